The van der Waals surface area contributed by atoms with Gasteiger partial charge < -0.3 is 16.4 Å². The minimum atomic E-state index is 0.520. The third-order valence-electron chi connectivity index (χ3n) is 3.56. The van der Waals surface area contributed by atoms with E-state index in [1.54, 1.807) is 22.8 Å². The second-order valence-corrected chi connectivity index (χ2v) is 5.81. The number of anilines is 4. The number of nitrogens with two attached hydrogens (primary N) is 1. The monoisotopic (exact) mass is 314 g/mol. The second kappa shape index (κ2) is 5.06. The quantitative estimate of drug-likeness (QED) is 0.644. The smallest absolute Gasteiger partial charge is 0.159 e. The lowest BCUT2D eigenvalue weighted by Gasteiger charge is -2.11. The summed E-state index contributed by atoms with van der Waals surface area (Å²) in [5.41, 5.74) is 7.92. The molecule has 112 valence electrons. The van der Waals surface area contributed by atoms with E-state index in [4.69, 9.17) is 17.3 Å². The van der Waals surface area contributed by atoms with E-state index in [2.05, 4.69) is 20.7 Å². The van der Waals surface area contributed by atoms with Crippen LogP contribution in [0.15, 0.2) is 36.5 Å². The number of halogens is 1. The number of fused-ring (bicyclic) bond motifs is 1. The molecule has 0 unspecified atom stereocenters. The lowest BCUT2D eigenvalue weighted by atomic mass is 10.3. The predicted molar refractivity (Wildman–Crippen MR) is 88.8 cm³/mol. The number of nitrogens with one attached hydrogen (secondary N) is 2. The van der Waals surface area contributed by atoms with E-state index in [1.807, 2.05) is 18.2 Å². The SMILES string of the molecule is Nc1ccc(Nc2cc(NC3CC3)n3nccc3n2)cc1Cl. The highest BCUT2D eigenvalue weighted by atomic mass is 35.5. The van der Waals surface area contributed by atoms with Crippen molar-refractivity contribution in [1.29, 1.82) is 0 Å². The molecule has 0 saturated heterocycles. The fourth-order valence-corrected chi connectivity index (χ4v) is 2.45. The van der Waals surface area contributed by atoms with Crippen molar-refractivity contribution in [2.75, 3.05) is 16.4 Å². The number of aromatic nitrogens is 3. The van der Waals surface area contributed by atoms with Crippen LogP contribution in [0.3, 0.4) is 0 Å². The van der Waals surface area contributed by atoms with E-state index < -0.39 is 0 Å². The van der Waals surface area contributed by atoms with Gasteiger partial charge in [-0.2, -0.15) is 9.61 Å². The molecule has 3 aromatic rings. The Morgan fingerprint density at radius 2 is 2.09 bits per heavy atom. The maximum Gasteiger partial charge on any atom is 0.159 e. The highest BCUT2D eigenvalue weighted by molar-refractivity contribution is 6.33. The molecule has 0 bridgehead atoms. The first-order valence-electron chi connectivity index (χ1n) is 7.12. The summed E-state index contributed by atoms with van der Waals surface area (Å²) in [6.45, 7) is 0. The maximum absolute atomic E-state index is 6.05. The minimum Gasteiger partial charge on any atom is -0.398 e. The molecule has 4 rings (SSSR count). The Morgan fingerprint density at radius 3 is 2.86 bits per heavy atom. The van der Waals surface area contributed by atoms with Crippen molar-refractivity contribution in [2.45, 2.75) is 18.9 Å². The van der Waals surface area contributed by atoms with Gasteiger partial charge in [0.25, 0.3) is 0 Å². The van der Waals surface area contributed by atoms with Gasteiger partial charge in [-0.3, -0.25) is 0 Å². The zero-order chi connectivity index (χ0) is 15.1. The molecule has 0 atom stereocenters. The van der Waals surface area contributed by atoms with Gasteiger partial charge in [0, 0.05) is 23.9 Å². The average molecular weight is 315 g/mol. The molecule has 1 saturated carbocycles. The van der Waals surface area contributed by atoms with E-state index >= 15 is 0 Å². The van der Waals surface area contributed by atoms with E-state index in [0.29, 0.717) is 16.8 Å². The highest BCUT2D eigenvalue weighted by Gasteiger charge is 2.22. The Hall–Kier alpha value is -2.47. The molecule has 4 N–H and O–H groups in total. The molecule has 0 spiro atoms. The van der Waals surface area contributed by atoms with Crippen molar-refractivity contribution in [3.8, 4) is 0 Å². The third-order valence-corrected chi connectivity index (χ3v) is 3.89. The van der Waals surface area contributed by atoms with Crippen LogP contribution in [0.25, 0.3) is 5.65 Å². The Labute approximate surface area is 132 Å². The topological polar surface area (TPSA) is 80.3 Å². The average Bonchev–Trinajstić information content (AvgIpc) is 3.17. The van der Waals surface area contributed by atoms with Gasteiger partial charge in [-0.15, -0.1) is 0 Å². The molecule has 2 heterocycles. The summed E-state index contributed by atoms with van der Waals surface area (Å²) in [4.78, 5) is 4.55. The number of hydrogen-bond acceptors (Lipinski definition) is 5. The normalized spacial score (nSPS) is 14.2. The maximum atomic E-state index is 6.05. The van der Waals surface area contributed by atoms with Gasteiger partial charge in [-0.05, 0) is 31.0 Å². The molecule has 7 heteroatoms. The standard InChI is InChI=1S/C15H15ClN6/c16-11-7-10(3-4-12(11)17)19-13-8-15(20-9-1-2-9)22-14(21-13)5-6-18-22/h3-9,20H,1-2,17H2,(H,19,21). The Bertz CT molecular complexity index is 839. The number of rotatable bonds is 4. The molecule has 6 nitrogen and oxygen atoms in total. The van der Waals surface area contributed by atoms with Crippen LogP contribution in [0.4, 0.5) is 23.0 Å². The van der Waals surface area contributed by atoms with Gasteiger partial charge in [0.15, 0.2) is 5.65 Å². The largest absolute Gasteiger partial charge is 0.398 e. The van der Waals surface area contributed by atoms with E-state index in [0.717, 1.165) is 23.0 Å². The summed E-state index contributed by atoms with van der Waals surface area (Å²) in [6, 6.07) is 9.78. The van der Waals surface area contributed by atoms with Gasteiger partial charge in [0.05, 0.1) is 16.9 Å². The van der Waals surface area contributed by atoms with Gasteiger partial charge in [-0.1, -0.05) is 11.6 Å². The van der Waals surface area contributed by atoms with Crippen molar-refractivity contribution in [3.05, 3.63) is 41.6 Å². The first kappa shape index (κ1) is 13.2. The van der Waals surface area contributed by atoms with Crippen molar-refractivity contribution in [1.82, 2.24) is 14.6 Å². The number of benzene rings is 1. The number of hydrogen-bond donors (Lipinski definition) is 3. The first-order valence-corrected chi connectivity index (χ1v) is 7.50. The van der Waals surface area contributed by atoms with Gasteiger partial charge in [0.1, 0.15) is 11.6 Å². The van der Waals surface area contributed by atoms with Crippen LogP contribution in [-0.4, -0.2) is 20.6 Å². The molecule has 1 aliphatic carbocycles. The summed E-state index contributed by atoms with van der Waals surface area (Å²) in [6.07, 6.45) is 4.13. The molecular formula is C15H15ClN6. The Morgan fingerprint density at radius 1 is 1.23 bits per heavy atom. The third kappa shape index (κ3) is 2.53. The van der Waals surface area contributed by atoms with Crippen molar-refractivity contribution >= 4 is 40.3 Å². The van der Waals surface area contributed by atoms with E-state index in [1.165, 1.54) is 12.8 Å². The van der Waals surface area contributed by atoms with Crippen LogP contribution < -0.4 is 16.4 Å². The lowest BCUT2D eigenvalue weighted by molar-refractivity contribution is 0.926. The van der Waals surface area contributed by atoms with Gasteiger partial charge in [0.2, 0.25) is 0 Å². The zero-order valence-electron chi connectivity index (χ0n) is 11.8. The van der Waals surface area contributed by atoms with E-state index in [9.17, 15) is 0 Å². The number of nitrogen functional groups attached to an aromatic ring is 1. The minimum absolute atomic E-state index is 0.520. The fourth-order valence-electron chi connectivity index (χ4n) is 2.27. The van der Waals surface area contributed by atoms with Crippen LogP contribution in [0.5, 0.6) is 0 Å². The van der Waals surface area contributed by atoms with Crippen LogP contribution in [0.1, 0.15) is 12.8 Å². The summed E-state index contributed by atoms with van der Waals surface area (Å²) >= 11 is 6.05. The predicted octanol–water partition coefficient (Wildman–Crippen LogP) is 3.28. The van der Waals surface area contributed by atoms with Crippen LogP contribution in [-0.2, 0) is 0 Å². The molecule has 1 aromatic carbocycles. The molecule has 1 aliphatic rings. The molecule has 1 fully saturated rings. The summed E-state index contributed by atoms with van der Waals surface area (Å²) in [5, 5.41) is 11.5. The summed E-state index contributed by atoms with van der Waals surface area (Å²) in [7, 11) is 0. The second-order valence-electron chi connectivity index (χ2n) is 5.41. The van der Waals surface area contributed by atoms with Gasteiger partial charge >= 0.3 is 0 Å². The Balaban J connectivity index is 1.69. The molecule has 0 radical (unpaired) electrons. The van der Waals surface area contributed by atoms with Crippen LogP contribution in [0.2, 0.25) is 5.02 Å². The van der Waals surface area contributed by atoms with Crippen molar-refractivity contribution in [3.63, 3.8) is 0 Å². The molecule has 0 amide bonds. The van der Waals surface area contributed by atoms with Crippen molar-refractivity contribution < 1.29 is 0 Å². The molecule has 22 heavy (non-hydrogen) atoms. The Kier molecular flexibility index (Phi) is 3.04. The molecule has 0 aliphatic heterocycles. The fraction of sp³-hybridized carbons (Fsp3) is 0.200. The first-order chi connectivity index (χ1) is 10.7. The molecule has 2 aromatic heterocycles. The van der Waals surface area contributed by atoms with Crippen LogP contribution in [0, 0.1) is 0 Å². The lowest BCUT2D eigenvalue weighted by Crippen LogP contribution is -2.08. The number of nitrogens with zero attached hydrogens (tertiary/aromatic N) is 3. The van der Waals surface area contributed by atoms with E-state index in [-0.39, 0.29) is 0 Å². The summed E-state index contributed by atoms with van der Waals surface area (Å²) < 4.78 is 1.81. The highest BCUT2D eigenvalue weighted by Crippen LogP contribution is 2.28. The summed E-state index contributed by atoms with van der Waals surface area (Å²) in [5.74, 6) is 1.67. The zero-order valence-corrected chi connectivity index (χ0v) is 12.5. The van der Waals surface area contributed by atoms with Crippen molar-refractivity contribution in [2.24, 2.45) is 0 Å². The van der Waals surface area contributed by atoms with Crippen LogP contribution >= 0.6 is 11.6 Å². The molecular weight excluding hydrogens is 300 g/mol. The van der Waals surface area contributed by atoms with Gasteiger partial charge in [-0.25, -0.2) is 4.98 Å².